The van der Waals surface area contributed by atoms with Crippen LogP contribution in [0, 0.1) is 0 Å². The molecule has 4 nitrogen and oxygen atoms in total. The Morgan fingerprint density at radius 1 is 1.28 bits per heavy atom. The summed E-state index contributed by atoms with van der Waals surface area (Å²) in [4.78, 5) is 20.1. The second kappa shape index (κ2) is 6.10. The molecule has 0 aliphatic rings. The van der Waals surface area contributed by atoms with E-state index in [2.05, 4.69) is 9.97 Å². The number of pyridine rings is 1. The number of aromatic nitrogens is 3. The molecule has 0 amide bonds. The highest BCUT2D eigenvalue weighted by atomic mass is 16.1. The van der Waals surface area contributed by atoms with E-state index in [4.69, 9.17) is 0 Å². The van der Waals surface area contributed by atoms with Gasteiger partial charge in [-0.25, -0.2) is 4.98 Å². The van der Waals surface area contributed by atoms with E-state index in [9.17, 15) is 4.79 Å². The number of ketones is 1. The van der Waals surface area contributed by atoms with Gasteiger partial charge in [-0.1, -0.05) is 0 Å². The highest BCUT2D eigenvalue weighted by molar-refractivity contribution is 5.80. The maximum absolute atomic E-state index is 11.9. The molecule has 0 fully saturated rings. The zero-order valence-electron chi connectivity index (χ0n) is 10.5. The summed E-state index contributed by atoms with van der Waals surface area (Å²) in [5, 5.41) is 0. The average Bonchev–Trinajstić information content (AvgIpc) is 2.85. The van der Waals surface area contributed by atoms with E-state index < -0.39 is 0 Å². The molecule has 94 valence electrons. The van der Waals surface area contributed by atoms with Crippen molar-refractivity contribution in [2.24, 2.45) is 0 Å². The number of hydrogen-bond donors (Lipinski definition) is 0. The fourth-order valence-corrected chi connectivity index (χ4v) is 1.89. The van der Waals surface area contributed by atoms with E-state index in [1.807, 2.05) is 29.8 Å². The Balaban J connectivity index is 1.86. The zero-order chi connectivity index (χ0) is 12.8. The predicted octanol–water partition coefficient (Wildman–Crippen LogP) is 2.04. The van der Waals surface area contributed by atoms with E-state index in [1.54, 1.807) is 18.6 Å². The van der Waals surface area contributed by atoms with Gasteiger partial charge in [-0.05, 0) is 31.0 Å². The Labute approximate surface area is 107 Å². The number of imidazole rings is 1. The highest BCUT2D eigenvalue weighted by Gasteiger charge is 2.08. The zero-order valence-corrected chi connectivity index (χ0v) is 10.5. The van der Waals surface area contributed by atoms with Crippen molar-refractivity contribution in [2.45, 2.75) is 32.7 Å². The molecule has 2 aromatic heterocycles. The minimum atomic E-state index is 0.229. The van der Waals surface area contributed by atoms with Crippen LogP contribution in [0.1, 0.15) is 24.7 Å². The summed E-state index contributed by atoms with van der Waals surface area (Å²) < 4.78 is 2.00. The van der Waals surface area contributed by atoms with Crippen molar-refractivity contribution in [3.63, 3.8) is 0 Å². The molecular weight excluding hydrogens is 226 g/mol. The van der Waals surface area contributed by atoms with E-state index in [0.717, 1.165) is 24.4 Å². The van der Waals surface area contributed by atoms with E-state index in [0.29, 0.717) is 12.8 Å². The highest BCUT2D eigenvalue weighted by Crippen LogP contribution is 2.05. The number of carbonyl (C=O) groups is 1. The van der Waals surface area contributed by atoms with Crippen LogP contribution in [0.25, 0.3) is 0 Å². The minimum Gasteiger partial charge on any atom is -0.335 e. The lowest BCUT2D eigenvalue weighted by molar-refractivity contribution is -0.118. The fourth-order valence-electron chi connectivity index (χ4n) is 1.89. The van der Waals surface area contributed by atoms with Crippen molar-refractivity contribution in [3.8, 4) is 0 Å². The maximum atomic E-state index is 11.9. The quantitative estimate of drug-likeness (QED) is 0.780. The van der Waals surface area contributed by atoms with Crippen LogP contribution < -0.4 is 0 Å². The van der Waals surface area contributed by atoms with Crippen LogP contribution in [-0.2, 0) is 24.2 Å². The third-order valence-corrected chi connectivity index (χ3v) is 2.94. The first-order chi connectivity index (χ1) is 8.79. The normalized spacial score (nSPS) is 10.5. The number of rotatable bonds is 6. The van der Waals surface area contributed by atoms with Crippen molar-refractivity contribution < 1.29 is 4.79 Å². The fraction of sp³-hybridized carbons (Fsp3) is 0.357. The molecule has 0 saturated carbocycles. The molecule has 0 N–H and O–H groups in total. The summed E-state index contributed by atoms with van der Waals surface area (Å²) in [5.74, 6) is 1.09. The van der Waals surface area contributed by atoms with Gasteiger partial charge in [0.1, 0.15) is 11.6 Å². The largest absolute Gasteiger partial charge is 0.335 e. The van der Waals surface area contributed by atoms with Gasteiger partial charge in [0.15, 0.2) is 0 Å². The van der Waals surface area contributed by atoms with Crippen LogP contribution in [-0.4, -0.2) is 20.3 Å². The Kier molecular flexibility index (Phi) is 4.23. The summed E-state index contributed by atoms with van der Waals surface area (Å²) >= 11 is 0. The summed E-state index contributed by atoms with van der Waals surface area (Å²) in [7, 11) is 0. The Bertz CT molecular complexity index is 505. The van der Waals surface area contributed by atoms with Crippen molar-refractivity contribution >= 4 is 5.78 Å². The van der Waals surface area contributed by atoms with Crippen molar-refractivity contribution in [1.29, 1.82) is 0 Å². The molecule has 0 unspecified atom stereocenters. The van der Waals surface area contributed by atoms with Crippen LogP contribution >= 0.6 is 0 Å². The van der Waals surface area contributed by atoms with Gasteiger partial charge < -0.3 is 4.57 Å². The third kappa shape index (κ3) is 3.26. The third-order valence-electron chi connectivity index (χ3n) is 2.94. The molecule has 0 spiro atoms. The predicted molar refractivity (Wildman–Crippen MR) is 69.2 cm³/mol. The first-order valence-electron chi connectivity index (χ1n) is 6.20. The number of carbonyl (C=O) groups excluding carboxylic acids is 1. The van der Waals surface area contributed by atoms with Gasteiger partial charge in [0.25, 0.3) is 0 Å². The topological polar surface area (TPSA) is 47.8 Å². The molecule has 0 saturated heterocycles. The van der Waals surface area contributed by atoms with Gasteiger partial charge in [0.2, 0.25) is 0 Å². The molecule has 2 heterocycles. The number of aryl methyl sites for hydroxylation is 2. The Morgan fingerprint density at radius 3 is 2.78 bits per heavy atom. The maximum Gasteiger partial charge on any atom is 0.140 e. The van der Waals surface area contributed by atoms with Gasteiger partial charge in [-0.2, -0.15) is 0 Å². The molecule has 0 atom stereocenters. The number of Topliss-reactive ketones (excluding diaryl/α,β-unsaturated/α-hetero) is 1. The smallest absolute Gasteiger partial charge is 0.140 e. The van der Waals surface area contributed by atoms with Crippen LogP contribution in [0.5, 0.6) is 0 Å². The van der Waals surface area contributed by atoms with Crippen molar-refractivity contribution in [3.05, 3.63) is 48.3 Å². The van der Waals surface area contributed by atoms with Crippen LogP contribution in [0.2, 0.25) is 0 Å². The Hall–Kier alpha value is -1.97. The second-order valence-electron chi connectivity index (χ2n) is 4.20. The molecule has 0 aliphatic heterocycles. The first-order valence-corrected chi connectivity index (χ1v) is 6.20. The lowest BCUT2D eigenvalue weighted by atomic mass is 10.1. The van der Waals surface area contributed by atoms with E-state index in [1.165, 1.54) is 0 Å². The van der Waals surface area contributed by atoms with Gasteiger partial charge in [0.05, 0.1) is 6.42 Å². The van der Waals surface area contributed by atoms with Crippen LogP contribution in [0.3, 0.4) is 0 Å². The molecule has 0 radical (unpaired) electrons. The van der Waals surface area contributed by atoms with Gasteiger partial charge in [0, 0.05) is 37.8 Å². The molecule has 4 heteroatoms. The van der Waals surface area contributed by atoms with E-state index >= 15 is 0 Å². The first kappa shape index (κ1) is 12.5. The van der Waals surface area contributed by atoms with Gasteiger partial charge in [-0.15, -0.1) is 0 Å². The summed E-state index contributed by atoms with van der Waals surface area (Å²) in [6.07, 6.45) is 8.91. The average molecular weight is 243 g/mol. The summed E-state index contributed by atoms with van der Waals surface area (Å²) in [6.45, 7) is 2.90. The van der Waals surface area contributed by atoms with E-state index in [-0.39, 0.29) is 5.78 Å². The monoisotopic (exact) mass is 243 g/mol. The molecule has 2 rings (SSSR count). The van der Waals surface area contributed by atoms with Crippen LogP contribution in [0.4, 0.5) is 0 Å². The van der Waals surface area contributed by atoms with Crippen LogP contribution in [0.15, 0.2) is 36.9 Å². The van der Waals surface area contributed by atoms with Gasteiger partial charge in [-0.3, -0.25) is 9.78 Å². The second-order valence-corrected chi connectivity index (χ2v) is 4.20. The SMILES string of the molecule is CCn1ccnc1CC(=O)CCc1ccncc1. The molecule has 2 aromatic rings. The summed E-state index contributed by atoms with van der Waals surface area (Å²) in [5.41, 5.74) is 1.15. The number of nitrogens with zero attached hydrogens (tertiary/aromatic N) is 3. The van der Waals surface area contributed by atoms with Crippen molar-refractivity contribution in [2.75, 3.05) is 0 Å². The molecule has 0 bridgehead atoms. The molecule has 0 aliphatic carbocycles. The standard InChI is InChI=1S/C14H17N3O/c1-2-17-10-9-16-14(17)11-13(18)4-3-12-5-7-15-8-6-12/h5-10H,2-4,11H2,1H3. The summed E-state index contributed by atoms with van der Waals surface area (Å²) in [6, 6.07) is 3.89. The molecule has 18 heavy (non-hydrogen) atoms. The minimum absolute atomic E-state index is 0.229. The molecule has 0 aromatic carbocycles. The lowest BCUT2D eigenvalue weighted by Crippen LogP contribution is -2.10. The molecular formula is C14H17N3O. The number of hydrogen-bond acceptors (Lipinski definition) is 3. The van der Waals surface area contributed by atoms with Gasteiger partial charge >= 0.3 is 0 Å². The van der Waals surface area contributed by atoms with Crippen molar-refractivity contribution in [1.82, 2.24) is 14.5 Å². The lowest BCUT2D eigenvalue weighted by Gasteiger charge is -2.04. The Morgan fingerprint density at radius 2 is 2.06 bits per heavy atom.